The Kier molecular flexibility index (Phi) is 3.81. The predicted octanol–water partition coefficient (Wildman–Crippen LogP) is 2.56. The van der Waals surface area contributed by atoms with Gasteiger partial charge in [0.2, 0.25) is 0 Å². The van der Waals surface area contributed by atoms with E-state index >= 15 is 0 Å². The first-order chi connectivity index (χ1) is 7.79. The minimum Gasteiger partial charge on any atom is -0.298 e. The Labute approximate surface area is 98.8 Å². The molecule has 1 aromatic rings. The van der Waals surface area contributed by atoms with Gasteiger partial charge in [-0.15, -0.1) is 11.8 Å². The van der Waals surface area contributed by atoms with Gasteiger partial charge in [-0.2, -0.15) is 5.26 Å². The summed E-state index contributed by atoms with van der Waals surface area (Å²) in [6, 6.07) is 9.19. The van der Waals surface area contributed by atoms with E-state index in [0.29, 0.717) is 16.7 Å². The Bertz CT molecular complexity index is 398. The van der Waals surface area contributed by atoms with Gasteiger partial charge in [-0.1, -0.05) is 12.1 Å². The Morgan fingerprint density at radius 2 is 2.25 bits per heavy atom. The van der Waals surface area contributed by atoms with E-state index in [1.54, 1.807) is 18.2 Å². The van der Waals surface area contributed by atoms with Crippen LogP contribution in [-0.4, -0.2) is 17.8 Å². The summed E-state index contributed by atoms with van der Waals surface area (Å²) in [7, 11) is 0. The zero-order valence-electron chi connectivity index (χ0n) is 8.82. The SMILES string of the molecule is N#CC(CSc1ccccc1F)NC1CC1. The third-order valence-corrected chi connectivity index (χ3v) is 3.55. The smallest absolute Gasteiger partial charge is 0.136 e. The fourth-order valence-electron chi connectivity index (χ4n) is 1.39. The Morgan fingerprint density at radius 1 is 1.50 bits per heavy atom. The molecule has 1 aliphatic rings. The molecule has 4 heteroatoms. The van der Waals surface area contributed by atoms with Crippen LogP contribution in [-0.2, 0) is 0 Å². The summed E-state index contributed by atoms with van der Waals surface area (Å²) in [6.45, 7) is 0. The van der Waals surface area contributed by atoms with Gasteiger partial charge in [0, 0.05) is 16.7 Å². The van der Waals surface area contributed by atoms with Crippen molar-refractivity contribution >= 4 is 11.8 Å². The molecule has 0 aliphatic heterocycles. The van der Waals surface area contributed by atoms with Crippen LogP contribution >= 0.6 is 11.8 Å². The van der Waals surface area contributed by atoms with Crippen LogP contribution in [0.2, 0.25) is 0 Å². The van der Waals surface area contributed by atoms with Crippen molar-refractivity contribution in [1.82, 2.24) is 5.32 Å². The molecule has 1 aromatic carbocycles. The average Bonchev–Trinajstić information content (AvgIpc) is 3.10. The molecule has 16 heavy (non-hydrogen) atoms. The maximum Gasteiger partial charge on any atom is 0.136 e. The Morgan fingerprint density at radius 3 is 2.88 bits per heavy atom. The third-order valence-electron chi connectivity index (χ3n) is 2.41. The largest absolute Gasteiger partial charge is 0.298 e. The fourth-order valence-corrected chi connectivity index (χ4v) is 2.29. The molecule has 84 valence electrons. The van der Waals surface area contributed by atoms with Crippen LogP contribution in [0.5, 0.6) is 0 Å². The van der Waals surface area contributed by atoms with Crippen molar-refractivity contribution < 1.29 is 4.39 Å². The molecule has 1 unspecified atom stereocenters. The van der Waals surface area contributed by atoms with Crippen LogP contribution in [0.3, 0.4) is 0 Å². The van der Waals surface area contributed by atoms with Crippen molar-refractivity contribution in [3.63, 3.8) is 0 Å². The lowest BCUT2D eigenvalue weighted by Gasteiger charge is -2.10. The monoisotopic (exact) mass is 236 g/mol. The van der Waals surface area contributed by atoms with Crippen LogP contribution in [0, 0.1) is 17.1 Å². The standard InChI is InChI=1S/C12H13FN2S/c13-11-3-1-2-4-12(11)16-8-10(7-14)15-9-5-6-9/h1-4,9-10,15H,5-6,8H2. The topological polar surface area (TPSA) is 35.8 Å². The molecule has 0 spiro atoms. The van der Waals surface area contributed by atoms with E-state index in [2.05, 4.69) is 11.4 Å². The highest BCUT2D eigenvalue weighted by Gasteiger charge is 2.24. The number of rotatable bonds is 5. The van der Waals surface area contributed by atoms with Gasteiger partial charge < -0.3 is 0 Å². The maximum absolute atomic E-state index is 13.3. The number of nitriles is 1. The summed E-state index contributed by atoms with van der Waals surface area (Å²) in [5, 5.41) is 12.2. The highest BCUT2D eigenvalue weighted by molar-refractivity contribution is 7.99. The summed E-state index contributed by atoms with van der Waals surface area (Å²) >= 11 is 1.39. The van der Waals surface area contributed by atoms with Gasteiger partial charge in [0.25, 0.3) is 0 Å². The highest BCUT2D eigenvalue weighted by Crippen LogP contribution is 2.24. The number of benzene rings is 1. The van der Waals surface area contributed by atoms with Crippen molar-refractivity contribution in [3.05, 3.63) is 30.1 Å². The molecule has 2 rings (SSSR count). The second kappa shape index (κ2) is 5.33. The molecule has 0 saturated heterocycles. The summed E-state index contributed by atoms with van der Waals surface area (Å²) < 4.78 is 13.3. The van der Waals surface area contributed by atoms with E-state index in [1.165, 1.54) is 17.8 Å². The maximum atomic E-state index is 13.3. The fraction of sp³-hybridized carbons (Fsp3) is 0.417. The molecule has 0 radical (unpaired) electrons. The molecule has 0 amide bonds. The predicted molar refractivity (Wildman–Crippen MR) is 62.7 cm³/mol. The van der Waals surface area contributed by atoms with Crippen molar-refractivity contribution in [1.29, 1.82) is 5.26 Å². The molecular weight excluding hydrogens is 223 g/mol. The van der Waals surface area contributed by atoms with Crippen LogP contribution in [0.25, 0.3) is 0 Å². The number of hydrogen-bond acceptors (Lipinski definition) is 3. The summed E-state index contributed by atoms with van der Waals surface area (Å²) in [6.07, 6.45) is 2.31. The van der Waals surface area contributed by atoms with E-state index in [9.17, 15) is 4.39 Å². The zero-order valence-corrected chi connectivity index (χ0v) is 9.64. The Hall–Kier alpha value is -1.05. The van der Waals surface area contributed by atoms with Gasteiger partial charge in [0.15, 0.2) is 0 Å². The third kappa shape index (κ3) is 3.22. The van der Waals surface area contributed by atoms with Gasteiger partial charge in [-0.05, 0) is 25.0 Å². The lowest BCUT2D eigenvalue weighted by molar-refractivity contribution is 0.601. The second-order valence-corrected chi connectivity index (χ2v) is 4.93. The Balaban J connectivity index is 1.85. The number of halogens is 1. The first-order valence-electron chi connectivity index (χ1n) is 5.32. The lowest BCUT2D eigenvalue weighted by Crippen LogP contribution is -2.31. The zero-order chi connectivity index (χ0) is 11.4. The van der Waals surface area contributed by atoms with Crippen LogP contribution in [0.4, 0.5) is 4.39 Å². The number of nitrogens with one attached hydrogen (secondary N) is 1. The van der Waals surface area contributed by atoms with E-state index in [0.717, 1.165) is 12.8 Å². The van der Waals surface area contributed by atoms with Crippen molar-refractivity contribution in [2.24, 2.45) is 0 Å². The van der Waals surface area contributed by atoms with E-state index < -0.39 is 0 Å². The number of thioether (sulfide) groups is 1. The van der Waals surface area contributed by atoms with Crippen LogP contribution < -0.4 is 5.32 Å². The van der Waals surface area contributed by atoms with Gasteiger partial charge in [-0.3, -0.25) is 5.32 Å². The minimum atomic E-state index is -0.212. The molecule has 1 aliphatic carbocycles. The molecular formula is C12H13FN2S. The molecule has 0 bridgehead atoms. The van der Waals surface area contributed by atoms with E-state index in [1.807, 2.05) is 0 Å². The normalized spacial score (nSPS) is 16.8. The summed E-state index contributed by atoms with van der Waals surface area (Å²) in [4.78, 5) is 0.611. The van der Waals surface area contributed by atoms with Gasteiger partial charge in [0.05, 0.1) is 6.07 Å². The van der Waals surface area contributed by atoms with E-state index in [4.69, 9.17) is 5.26 Å². The first-order valence-corrected chi connectivity index (χ1v) is 6.31. The molecule has 1 fully saturated rings. The highest BCUT2D eigenvalue weighted by atomic mass is 32.2. The molecule has 1 saturated carbocycles. The second-order valence-electron chi connectivity index (χ2n) is 3.86. The molecule has 0 heterocycles. The van der Waals surface area contributed by atoms with Gasteiger partial charge in [-0.25, -0.2) is 4.39 Å². The first kappa shape index (κ1) is 11.4. The van der Waals surface area contributed by atoms with Crippen LogP contribution in [0.15, 0.2) is 29.2 Å². The molecule has 1 N–H and O–H groups in total. The average molecular weight is 236 g/mol. The minimum absolute atomic E-state index is 0.183. The quantitative estimate of drug-likeness (QED) is 0.798. The van der Waals surface area contributed by atoms with Crippen LogP contribution in [0.1, 0.15) is 12.8 Å². The van der Waals surface area contributed by atoms with Gasteiger partial charge in [0.1, 0.15) is 11.9 Å². The van der Waals surface area contributed by atoms with Crippen molar-refractivity contribution in [2.45, 2.75) is 29.8 Å². The molecule has 1 atom stereocenters. The van der Waals surface area contributed by atoms with E-state index in [-0.39, 0.29) is 11.9 Å². The number of hydrogen-bond donors (Lipinski definition) is 1. The molecule has 2 nitrogen and oxygen atoms in total. The summed E-state index contributed by atoms with van der Waals surface area (Å²) in [5.74, 6) is 0.379. The number of nitrogens with zero attached hydrogens (tertiary/aromatic N) is 1. The lowest BCUT2D eigenvalue weighted by atomic mass is 10.3. The van der Waals surface area contributed by atoms with Crippen molar-refractivity contribution in [3.8, 4) is 6.07 Å². The molecule has 0 aromatic heterocycles. The summed E-state index contributed by atoms with van der Waals surface area (Å²) in [5.41, 5.74) is 0. The van der Waals surface area contributed by atoms with Crippen molar-refractivity contribution in [2.75, 3.05) is 5.75 Å². The van der Waals surface area contributed by atoms with Gasteiger partial charge >= 0.3 is 0 Å².